The third kappa shape index (κ3) is 4.19. The highest BCUT2D eigenvalue weighted by Crippen LogP contribution is 2.50. The number of benzene rings is 1. The molecular formula is C25H25N7OS2. The molecule has 0 radical (unpaired) electrons. The maximum Gasteiger partial charge on any atom is 0.219 e. The quantitative estimate of drug-likeness (QED) is 0.494. The van der Waals surface area contributed by atoms with Crippen molar-refractivity contribution in [2.24, 2.45) is 11.1 Å². The molecule has 178 valence electrons. The van der Waals surface area contributed by atoms with E-state index in [9.17, 15) is 10.1 Å². The molecule has 0 saturated heterocycles. The summed E-state index contributed by atoms with van der Waals surface area (Å²) in [6, 6.07) is 9.81. The van der Waals surface area contributed by atoms with Crippen molar-refractivity contribution in [1.29, 1.82) is 5.26 Å². The van der Waals surface area contributed by atoms with E-state index in [1.54, 1.807) is 22.9 Å². The Bertz CT molecular complexity index is 1450. The number of fused-ring (bicyclic) bond motifs is 1. The predicted octanol–water partition coefficient (Wildman–Crippen LogP) is 4.92. The molecule has 1 aliphatic carbocycles. The van der Waals surface area contributed by atoms with E-state index in [4.69, 9.17) is 10.7 Å². The molecule has 0 unspecified atom stereocenters. The molecule has 0 fully saturated rings. The Morgan fingerprint density at radius 3 is 2.69 bits per heavy atom. The number of carbonyl (C=O) groups is 1. The predicted molar refractivity (Wildman–Crippen MR) is 138 cm³/mol. The molecule has 0 spiro atoms. The van der Waals surface area contributed by atoms with E-state index in [2.05, 4.69) is 48.9 Å². The third-order valence-corrected chi connectivity index (χ3v) is 8.06. The van der Waals surface area contributed by atoms with Gasteiger partial charge in [0.15, 0.2) is 10.1 Å². The first kappa shape index (κ1) is 23.5. The molecule has 0 bridgehead atoms. The highest BCUT2D eigenvalue weighted by molar-refractivity contribution is 8.01. The molecule has 1 aromatic carbocycles. The molecule has 10 heteroatoms. The zero-order valence-corrected chi connectivity index (χ0v) is 21.6. The fraction of sp³-hybridized carbons (Fsp3) is 0.360. The van der Waals surface area contributed by atoms with Crippen molar-refractivity contribution in [3.8, 4) is 6.07 Å². The molecular weight excluding hydrogens is 478 g/mol. The van der Waals surface area contributed by atoms with Crippen LogP contribution in [-0.4, -0.2) is 31.2 Å². The number of thioether (sulfide) groups is 1. The zero-order valence-electron chi connectivity index (χ0n) is 19.9. The summed E-state index contributed by atoms with van der Waals surface area (Å²) in [7, 11) is 0. The fourth-order valence-electron chi connectivity index (χ4n) is 4.68. The fourth-order valence-corrected chi connectivity index (χ4v) is 6.78. The van der Waals surface area contributed by atoms with E-state index in [1.165, 1.54) is 11.3 Å². The number of ketones is 1. The van der Waals surface area contributed by atoms with Crippen LogP contribution < -0.4 is 10.6 Å². The minimum Gasteiger partial charge on any atom is -0.384 e. The Morgan fingerprint density at radius 1 is 1.23 bits per heavy atom. The SMILES string of the molecule is CC(C)Sc1nnc(N2C(N)=C(C#N)[C@@H](c3cnc4ccccc4n3)C3=C2CC(C)(C)CC3=O)s1. The van der Waals surface area contributed by atoms with Gasteiger partial charge >= 0.3 is 0 Å². The van der Waals surface area contributed by atoms with Crippen molar-refractivity contribution in [3.63, 3.8) is 0 Å². The van der Waals surface area contributed by atoms with Gasteiger partial charge in [-0.3, -0.25) is 14.7 Å². The number of Topliss-reactive ketones (excluding diaryl/α,β-unsaturated/α-hetero) is 1. The number of allylic oxidation sites excluding steroid dienone is 3. The molecule has 8 nitrogen and oxygen atoms in total. The molecule has 2 aliphatic rings. The molecule has 0 amide bonds. The zero-order chi connectivity index (χ0) is 24.9. The van der Waals surface area contributed by atoms with Crippen molar-refractivity contribution < 1.29 is 4.79 Å². The average Bonchev–Trinajstić information content (AvgIpc) is 3.24. The summed E-state index contributed by atoms with van der Waals surface area (Å²) in [6.07, 6.45) is 2.63. The van der Waals surface area contributed by atoms with Gasteiger partial charge < -0.3 is 5.73 Å². The van der Waals surface area contributed by atoms with Crippen LogP contribution in [0.25, 0.3) is 11.0 Å². The maximum absolute atomic E-state index is 13.6. The number of aromatic nitrogens is 4. The molecule has 1 atom stereocenters. The molecule has 1 aliphatic heterocycles. The monoisotopic (exact) mass is 503 g/mol. The number of rotatable bonds is 4. The lowest BCUT2D eigenvalue weighted by atomic mass is 9.69. The van der Waals surface area contributed by atoms with Crippen molar-refractivity contribution >= 4 is 45.0 Å². The minimum absolute atomic E-state index is 0.0113. The number of nitrogens with two attached hydrogens (primary N) is 1. The van der Waals surface area contributed by atoms with Gasteiger partial charge in [-0.05, 0) is 24.0 Å². The molecule has 2 N–H and O–H groups in total. The lowest BCUT2D eigenvalue weighted by Crippen LogP contribution is -2.42. The lowest BCUT2D eigenvalue weighted by molar-refractivity contribution is -0.118. The Morgan fingerprint density at radius 2 is 1.97 bits per heavy atom. The summed E-state index contributed by atoms with van der Waals surface area (Å²) in [4.78, 5) is 24.7. The van der Waals surface area contributed by atoms with Gasteiger partial charge in [0.05, 0.1) is 40.5 Å². The van der Waals surface area contributed by atoms with E-state index in [-0.39, 0.29) is 22.6 Å². The van der Waals surface area contributed by atoms with Crippen molar-refractivity contribution in [1.82, 2.24) is 20.2 Å². The average molecular weight is 504 g/mol. The van der Waals surface area contributed by atoms with Crippen LogP contribution in [0.2, 0.25) is 0 Å². The van der Waals surface area contributed by atoms with Crippen LogP contribution in [0.4, 0.5) is 5.13 Å². The topological polar surface area (TPSA) is 122 Å². The van der Waals surface area contributed by atoms with Crippen molar-refractivity contribution in [2.75, 3.05) is 4.90 Å². The second-order valence-electron chi connectivity index (χ2n) is 9.78. The van der Waals surface area contributed by atoms with Gasteiger partial charge in [0, 0.05) is 22.9 Å². The Labute approximate surface area is 212 Å². The Balaban J connectivity index is 1.72. The van der Waals surface area contributed by atoms with E-state index >= 15 is 0 Å². The molecule has 3 aromatic rings. The van der Waals surface area contributed by atoms with Gasteiger partial charge in [-0.2, -0.15) is 5.26 Å². The molecule has 3 heterocycles. The van der Waals surface area contributed by atoms with Crippen LogP contribution in [0.15, 0.2) is 57.5 Å². The highest BCUT2D eigenvalue weighted by Gasteiger charge is 2.46. The Kier molecular flexibility index (Phi) is 5.85. The third-order valence-electron chi connectivity index (χ3n) is 6.07. The van der Waals surface area contributed by atoms with Gasteiger partial charge in [0.2, 0.25) is 5.13 Å². The van der Waals surface area contributed by atoms with Gasteiger partial charge in [0.25, 0.3) is 0 Å². The summed E-state index contributed by atoms with van der Waals surface area (Å²) in [5.74, 6) is -0.430. The summed E-state index contributed by atoms with van der Waals surface area (Å²) in [5.41, 5.74) is 9.99. The molecule has 2 aromatic heterocycles. The van der Waals surface area contributed by atoms with Crippen LogP contribution in [0.5, 0.6) is 0 Å². The highest BCUT2D eigenvalue weighted by atomic mass is 32.2. The van der Waals surface area contributed by atoms with E-state index in [0.717, 1.165) is 15.6 Å². The van der Waals surface area contributed by atoms with Crippen molar-refractivity contribution in [3.05, 3.63) is 58.8 Å². The number of anilines is 1. The van der Waals surface area contributed by atoms with Gasteiger partial charge in [-0.1, -0.05) is 62.9 Å². The number of hydrogen-bond acceptors (Lipinski definition) is 10. The first-order chi connectivity index (χ1) is 16.7. The summed E-state index contributed by atoms with van der Waals surface area (Å²) < 4.78 is 0.812. The number of hydrogen-bond donors (Lipinski definition) is 1. The van der Waals surface area contributed by atoms with Crippen LogP contribution in [0, 0.1) is 16.7 Å². The normalized spacial score (nSPS) is 19.9. The molecule has 35 heavy (non-hydrogen) atoms. The first-order valence-electron chi connectivity index (χ1n) is 11.4. The minimum atomic E-state index is -0.676. The maximum atomic E-state index is 13.6. The van der Waals surface area contributed by atoms with Gasteiger partial charge in [-0.25, -0.2) is 4.98 Å². The number of nitrogens with zero attached hydrogens (tertiary/aromatic N) is 6. The van der Waals surface area contributed by atoms with Gasteiger partial charge in [-0.15, -0.1) is 10.2 Å². The van der Waals surface area contributed by atoms with Gasteiger partial charge in [0.1, 0.15) is 5.82 Å². The largest absolute Gasteiger partial charge is 0.384 e. The first-order valence-corrected chi connectivity index (χ1v) is 13.1. The van der Waals surface area contributed by atoms with Crippen molar-refractivity contribution in [2.45, 2.75) is 56.0 Å². The molecule has 5 rings (SSSR count). The number of para-hydroxylation sites is 2. The number of carbonyl (C=O) groups excluding carboxylic acids is 1. The van der Waals surface area contributed by atoms with Crippen LogP contribution in [0.1, 0.15) is 52.1 Å². The Hall–Kier alpha value is -3.29. The smallest absolute Gasteiger partial charge is 0.219 e. The summed E-state index contributed by atoms with van der Waals surface area (Å²) >= 11 is 3.02. The molecule has 0 saturated carbocycles. The standard InChI is InChI=1S/C25H25N7OS2/c1-13(2)34-24-31-30-23(35-24)32-18-9-25(3,4)10-19(33)21(18)20(14(11-26)22(32)27)17-12-28-15-7-5-6-8-16(15)29-17/h5-8,12-13,20H,9-10,27H2,1-4H3/t20-/m0/s1. The second-order valence-corrected chi connectivity index (χ2v) is 12.6. The van der Waals surface area contributed by atoms with Crippen LogP contribution in [0.3, 0.4) is 0 Å². The number of nitriles is 1. The second kappa shape index (κ2) is 8.73. The summed E-state index contributed by atoms with van der Waals surface area (Å²) in [6.45, 7) is 8.31. The van der Waals surface area contributed by atoms with E-state index in [1.807, 2.05) is 24.3 Å². The van der Waals surface area contributed by atoms with E-state index < -0.39 is 5.92 Å². The summed E-state index contributed by atoms with van der Waals surface area (Å²) in [5, 5.41) is 19.9. The van der Waals surface area contributed by atoms with Crippen LogP contribution >= 0.6 is 23.1 Å². The van der Waals surface area contributed by atoms with E-state index in [0.29, 0.717) is 40.0 Å². The lowest BCUT2D eigenvalue weighted by Gasteiger charge is -2.42. The van der Waals surface area contributed by atoms with Crippen LogP contribution in [-0.2, 0) is 4.79 Å².